The zero-order valence-corrected chi connectivity index (χ0v) is 19.7. The lowest BCUT2D eigenvalue weighted by Gasteiger charge is -2.56. The Balaban J connectivity index is 1.12. The van der Waals surface area contributed by atoms with Crippen molar-refractivity contribution in [2.24, 2.45) is 17.8 Å². The fourth-order valence-electron chi connectivity index (χ4n) is 7.21. The van der Waals surface area contributed by atoms with Gasteiger partial charge in [0.05, 0.1) is 22.4 Å². The molecule has 0 aromatic heterocycles. The van der Waals surface area contributed by atoms with Crippen LogP contribution >= 0.6 is 0 Å². The number of carbonyl (C=O) groups is 4. The third-order valence-electron chi connectivity index (χ3n) is 8.26. The summed E-state index contributed by atoms with van der Waals surface area (Å²) in [4.78, 5) is 52.4. The molecule has 3 amide bonds. The highest BCUT2D eigenvalue weighted by Crippen LogP contribution is 2.55. The van der Waals surface area contributed by atoms with Crippen molar-refractivity contribution in [3.05, 3.63) is 64.7 Å². The minimum absolute atomic E-state index is 0.138. The second-order valence-electron chi connectivity index (χ2n) is 10.8. The van der Waals surface area contributed by atoms with Crippen LogP contribution in [-0.4, -0.2) is 35.8 Å². The Hall–Kier alpha value is -3.48. The molecule has 4 saturated carbocycles. The first kappa shape index (κ1) is 22.0. The number of hydrogen-bond acceptors (Lipinski definition) is 5. The first-order chi connectivity index (χ1) is 16.8. The third kappa shape index (κ3) is 3.74. The highest BCUT2D eigenvalue weighted by molar-refractivity contribution is 6.34. The number of fused-ring (bicyclic) bond motifs is 1. The van der Waals surface area contributed by atoms with Gasteiger partial charge in [-0.1, -0.05) is 18.2 Å². The van der Waals surface area contributed by atoms with E-state index in [0.717, 1.165) is 29.7 Å². The van der Waals surface area contributed by atoms with E-state index < -0.39 is 17.8 Å². The molecule has 5 aliphatic rings. The number of nitrogens with one attached hydrogen (secondary N) is 1. The predicted octanol–water partition coefficient (Wildman–Crippen LogP) is 4.04. The number of hydrogen-bond donors (Lipinski definition) is 1. The summed E-state index contributed by atoms with van der Waals surface area (Å²) in [6.07, 6.45) is 6.92. The number of esters is 1. The quantitative estimate of drug-likeness (QED) is 0.524. The van der Waals surface area contributed by atoms with Crippen molar-refractivity contribution < 1.29 is 23.9 Å². The second kappa shape index (κ2) is 8.04. The molecule has 4 aliphatic carbocycles. The summed E-state index contributed by atoms with van der Waals surface area (Å²) in [5, 5.41) is 3.19. The van der Waals surface area contributed by atoms with E-state index in [-0.39, 0.29) is 34.7 Å². The van der Waals surface area contributed by atoms with Gasteiger partial charge in [0.2, 0.25) is 0 Å². The van der Waals surface area contributed by atoms with E-state index in [1.165, 1.54) is 37.5 Å². The molecule has 2 aromatic rings. The summed E-state index contributed by atoms with van der Waals surface area (Å²) in [5.41, 5.74) is 1.72. The molecule has 4 fully saturated rings. The summed E-state index contributed by atoms with van der Waals surface area (Å²) in [7, 11) is 0. The lowest BCUT2D eigenvalue weighted by Crippen LogP contribution is -2.60. The van der Waals surface area contributed by atoms with Crippen LogP contribution < -0.4 is 10.2 Å². The predicted molar refractivity (Wildman–Crippen MR) is 128 cm³/mol. The molecule has 1 aliphatic heterocycles. The molecule has 1 N–H and O–H groups in total. The van der Waals surface area contributed by atoms with Crippen LogP contribution in [0.1, 0.15) is 75.2 Å². The van der Waals surface area contributed by atoms with Crippen molar-refractivity contribution in [2.45, 2.75) is 51.0 Å². The van der Waals surface area contributed by atoms with Crippen molar-refractivity contribution in [3.63, 3.8) is 0 Å². The van der Waals surface area contributed by atoms with Gasteiger partial charge in [0, 0.05) is 5.54 Å². The number of imide groups is 1. The fourth-order valence-corrected chi connectivity index (χ4v) is 7.21. The molecule has 7 nitrogen and oxygen atoms in total. The lowest BCUT2D eigenvalue weighted by molar-refractivity contribution is -0.130. The zero-order valence-electron chi connectivity index (χ0n) is 19.7. The molecule has 0 spiro atoms. The number of nitrogens with zero attached hydrogens (tertiary/aromatic N) is 1. The van der Waals surface area contributed by atoms with Crippen LogP contribution in [0.15, 0.2) is 42.5 Å². The van der Waals surface area contributed by atoms with Crippen LogP contribution in [0.3, 0.4) is 0 Å². The Labute approximate surface area is 203 Å². The Morgan fingerprint density at radius 2 is 1.57 bits per heavy atom. The van der Waals surface area contributed by atoms with Crippen molar-refractivity contribution >= 4 is 29.4 Å². The molecule has 0 unspecified atom stereocenters. The average molecular weight is 473 g/mol. The van der Waals surface area contributed by atoms with Crippen molar-refractivity contribution in [3.8, 4) is 0 Å². The smallest absolute Gasteiger partial charge is 0.338 e. The van der Waals surface area contributed by atoms with E-state index in [9.17, 15) is 19.2 Å². The standard InChI is InChI=1S/C28H28N2O5/c1-16-4-2-3-5-23(16)30-25(32)21-7-6-20(11-22(21)26(30)33)27(34)35-15-24(31)29-28-12-17-8-18(13-28)10-19(9-17)14-28/h2-7,11,17-19H,8-10,12-15H2,1H3,(H,29,31). The van der Waals surface area contributed by atoms with Gasteiger partial charge in [-0.05, 0) is 93.0 Å². The molecular weight excluding hydrogens is 444 g/mol. The van der Waals surface area contributed by atoms with Gasteiger partial charge in [0.1, 0.15) is 0 Å². The summed E-state index contributed by atoms with van der Waals surface area (Å²) < 4.78 is 5.30. The Morgan fingerprint density at radius 1 is 0.943 bits per heavy atom. The van der Waals surface area contributed by atoms with Crippen LogP contribution in [0.2, 0.25) is 0 Å². The Bertz CT molecular complexity index is 1230. The highest BCUT2D eigenvalue weighted by Gasteiger charge is 2.51. The van der Waals surface area contributed by atoms with Gasteiger partial charge in [0.25, 0.3) is 17.7 Å². The van der Waals surface area contributed by atoms with Crippen molar-refractivity contribution in [1.82, 2.24) is 5.32 Å². The molecule has 2 aromatic carbocycles. The summed E-state index contributed by atoms with van der Waals surface area (Å²) in [5.74, 6) is 0.240. The third-order valence-corrected chi connectivity index (χ3v) is 8.26. The molecule has 0 atom stereocenters. The Kier molecular flexibility index (Phi) is 5.06. The molecule has 7 rings (SSSR count). The second-order valence-corrected chi connectivity index (χ2v) is 10.8. The zero-order chi connectivity index (χ0) is 24.3. The maximum atomic E-state index is 13.0. The Morgan fingerprint density at radius 3 is 2.23 bits per heavy atom. The first-order valence-corrected chi connectivity index (χ1v) is 12.4. The maximum absolute atomic E-state index is 13.0. The lowest BCUT2D eigenvalue weighted by atomic mass is 9.53. The van der Waals surface area contributed by atoms with Crippen molar-refractivity contribution in [2.75, 3.05) is 11.5 Å². The number of benzene rings is 2. The van der Waals surface area contributed by atoms with E-state index in [2.05, 4.69) is 5.32 Å². The van der Waals surface area contributed by atoms with Gasteiger partial charge in [-0.15, -0.1) is 0 Å². The number of carbonyl (C=O) groups excluding carboxylic acids is 4. The molecule has 4 bridgehead atoms. The van der Waals surface area contributed by atoms with Crippen LogP contribution in [0.5, 0.6) is 0 Å². The van der Waals surface area contributed by atoms with E-state index in [0.29, 0.717) is 23.4 Å². The number of amides is 3. The maximum Gasteiger partial charge on any atom is 0.338 e. The topological polar surface area (TPSA) is 92.8 Å². The molecule has 7 heteroatoms. The molecule has 0 saturated heterocycles. The molecular formula is C28H28N2O5. The van der Waals surface area contributed by atoms with E-state index in [1.54, 1.807) is 12.1 Å². The van der Waals surface area contributed by atoms with E-state index in [1.807, 2.05) is 19.1 Å². The monoisotopic (exact) mass is 472 g/mol. The van der Waals surface area contributed by atoms with Gasteiger partial charge >= 0.3 is 5.97 Å². The normalized spacial score (nSPS) is 28.3. The van der Waals surface area contributed by atoms with E-state index in [4.69, 9.17) is 4.74 Å². The minimum atomic E-state index is -0.692. The molecule has 35 heavy (non-hydrogen) atoms. The molecule has 0 radical (unpaired) electrons. The minimum Gasteiger partial charge on any atom is -0.452 e. The van der Waals surface area contributed by atoms with Gasteiger partial charge in [-0.25, -0.2) is 9.69 Å². The van der Waals surface area contributed by atoms with Crippen LogP contribution in [0.25, 0.3) is 0 Å². The van der Waals surface area contributed by atoms with Crippen LogP contribution in [0.4, 0.5) is 5.69 Å². The SMILES string of the molecule is Cc1ccccc1N1C(=O)c2ccc(C(=O)OCC(=O)NC34CC5CC(CC(C5)C3)C4)cc2C1=O. The molecule has 180 valence electrons. The average Bonchev–Trinajstić information content (AvgIpc) is 3.06. The number of para-hydroxylation sites is 1. The summed E-state index contributed by atoms with van der Waals surface area (Å²) in [6.45, 7) is 1.47. The summed E-state index contributed by atoms with van der Waals surface area (Å²) in [6, 6.07) is 11.5. The fraction of sp³-hybridized carbons (Fsp3) is 0.429. The highest BCUT2D eigenvalue weighted by atomic mass is 16.5. The number of rotatable bonds is 5. The number of aryl methyl sites for hydroxylation is 1. The molecule has 1 heterocycles. The van der Waals surface area contributed by atoms with Gasteiger partial charge in [-0.2, -0.15) is 0 Å². The number of anilines is 1. The van der Waals surface area contributed by atoms with Crippen LogP contribution in [0, 0.1) is 24.7 Å². The summed E-state index contributed by atoms with van der Waals surface area (Å²) >= 11 is 0. The largest absolute Gasteiger partial charge is 0.452 e. The van der Waals surface area contributed by atoms with Gasteiger partial charge in [0.15, 0.2) is 6.61 Å². The van der Waals surface area contributed by atoms with Gasteiger partial charge < -0.3 is 10.1 Å². The first-order valence-electron chi connectivity index (χ1n) is 12.4. The number of ether oxygens (including phenoxy) is 1. The van der Waals surface area contributed by atoms with Crippen molar-refractivity contribution in [1.29, 1.82) is 0 Å². The van der Waals surface area contributed by atoms with Crippen LogP contribution in [-0.2, 0) is 9.53 Å². The van der Waals surface area contributed by atoms with E-state index >= 15 is 0 Å². The van der Waals surface area contributed by atoms with Gasteiger partial charge in [-0.3, -0.25) is 14.4 Å².